The highest BCUT2D eigenvalue weighted by Gasteiger charge is 2.31. The summed E-state index contributed by atoms with van der Waals surface area (Å²) in [5, 5.41) is 11.6. The lowest BCUT2D eigenvalue weighted by Gasteiger charge is -2.24. The standard InChI is InChI=1S/C25H24N2O5/c1-3-13-27(14-4-2)24(30)22(15-23(28)29)26-25(31)32-16-21-19-11-7-5-9-17(19)18-10-6-8-12-20(18)21/h1,4-12,21-22H,2,13-16H2,(H,26,31)(H,28,29). The number of nitrogens with one attached hydrogen (secondary N) is 1. The number of amides is 2. The zero-order valence-corrected chi connectivity index (χ0v) is 17.5. The van der Waals surface area contributed by atoms with Gasteiger partial charge in [-0.3, -0.25) is 9.59 Å². The van der Waals surface area contributed by atoms with Gasteiger partial charge in [-0.25, -0.2) is 4.79 Å². The number of carbonyl (C=O) groups excluding carboxylic acids is 2. The molecule has 0 saturated carbocycles. The maximum absolute atomic E-state index is 12.7. The zero-order valence-electron chi connectivity index (χ0n) is 17.5. The van der Waals surface area contributed by atoms with Crippen molar-refractivity contribution in [3.8, 4) is 23.5 Å². The molecule has 0 aromatic heterocycles. The molecule has 0 radical (unpaired) electrons. The van der Waals surface area contributed by atoms with Gasteiger partial charge in [0.05, 0.1) is 13.0 Å². The van der Waals surface area contributed by atoms with Gasteiger partial charge < -0.3 is 20.1 Å². The monoisotopic (exact) mass is 432 g/mol. The maximum Gasteiger partial charge on any atom is 0.407 e. The zero-order chi connectivity index (χ0) is 23.1. The molecular formula is C25H24N2O5. The van der Waals surface area contributed by atoms with Crippen molar-refractivity contribution in [1.29, 1.82) is 0 Å². The van der Waals surface area contributed by atoms with E-state index in [4.69, 9.17) is 11.2 Å². The van der Waals surface area contributed by atoms with Gasteiger partial charge in [0.15, 0.2) is 0 Å². The second-order valence-electron chi connectivity index (χ2n) is 7.33. The number of benzene rings is 2. The van der Waals surface area contributed by atoms with Gasteiger partial charge in [-0.05, 0) is 22.3 Å². The van der Waals surface area contributed by atoms with Crippen LogP contribution >= 0.6 is 0 Å². The number of aliphatic carboxylic acids is 1. The molecule has 1 unspecified atom stereocenters. The van der Waals surface area contributed by atoms with E-state index in [-0.39, 0.29) is 25.6 Å². The SMILES string of the molecule is C#CCN(CC=C)C(=O)C(CC(=O)O)NC(=O)OCC1c2ccccc2-c2ccccc21. The Hall–Kier alpha value is -4.05. The first-order valence-corrected chi connectivity index (χ1v) is 10.1. The van der Waals surface area contributed by atoms with E-state index in [1.54, 1.807) is 0 Å². The summed E-state index contributed by atoms with van der Waals surface area (Å²) in [6.45, 7) is 3.71. The summed E-state index contributed by atoms with van der Waals surface area (Å²) in [7, 11) is 0. The fourth-order valence-corrected chi connectivity index (χ4v) is 3.88. The molecule has 2 N–H and O–H groups in total. The molecule has 0 aliphatic heterocycles. The van der Waals surface area contributed by atoms with Crippen LogP contribution in [0.25, 0.3) is 11.1 Å². The average Bonchev–Trinajstić information content (AvgIpc) is 3.10. The first-order chi connectivity index (χ1) is 15.5. The van der Waals surface area contributed by atoms with Crippen molar-refractivity contribution < 1.29 is 24.2 Å². The largest absolute Gasteiger partial charge is 0.481 e. The molecule has 3 rings (SSSR count). The Bertz CT molecular complexity index is 1030. The molecule has 0 heterocycles. The summed E-state index contributed by atoms with van der Waals surface area (Å²) in [6, 6.07) is 14.5. The van der Waals surface area contributed by atoms with Crippen LogP contribution in [0, 0.1) is 12.3 Å². The highest BCUT2D eigenvalue weighted by Crippen LogP contribution is 2.44. The van der Waals surface area contributed by atoms with E-state index in [0.29, 0.717) is 0 Å². The Labute approximate surface area is 186 Å². The van der Waals surface area contributed by atoms with Gasteiger partial charge in [-0.1, -0.05) is 60.5 Å². The molecule has 7 nitrogen and oxygen atoms in total. The molecule has 2 aromatic carbocycles. The number of carbonyl (C=O) groups is 3. The number of carboxylic acid groups (broad SMARTS) is 1. The van der Waals surface area contributed by atoms with Crippen LogP contribution in [0.2, 0.25) is 0 Å². The van der Waals surface area contributed by atoms with E-state index in [1.165, 1.54) is 11.0 Å². The van der Waals surface area contributed by atoms with Gasteiger partial charge in [-0.15, -0.1) is 13.0 Å². The molecule has 7 heteroatoms. The highest BCUT2D eigenvalue weighted by atomic mass is 16.5. The van der Waals surface area contributed by atoms with Gasteiger partial charge in [0.1, 0.15) is 12.6 Å². The molecular weight excluding hydrogens is 408 g/mol. The predicted molar refractivity (Wildman–Crippen MR) is 120 cm³/mol. The van der Waals surface area contributed by atoms with Gasteiger partial charge in [-0.2, -0.15) is 0 Å². The van der Waals surface area contributed by atoms with E-state index in [1.807, 2.05) is 48.5 Å². The lowest BCUT2D eigenvalue weighted by atomic mass is 9.98. The first-order valence-electron chi connectivity index (χ1n) is 10.1. The van der Waals surface area contributed by atoms with E-state index in [9.17, 15) is 19.5 Å². The molecule has 0 bridgehead atoms. The lowest BCUT2D eigenvalue weighted by molar-refractivity contribution is -0.142. The molecule has 1 atom stereocenters. The van der Waals surface area contributed by atoms with Crippen LogP contribution in [0.1, 0.15) is 23.5 Å². The van der Waals surface area contributed by atoms with Crippen molar-refractivity contribution in [1.82, 2.24) is 10.2 Å². The Balaban J connectivity index is 1.71. The normalized spacial score (nSPS) is 12.6. The van der Waals surface area contributed by atoms with Crippen molar-refractivity contribution in [2.75, 3.05) is 19.7 Å². The van der Waals surface area contributed by atoms with Crippen molar-refractivity contribution in [3.63, 3.8) is 0 Å². The van der Waals surface area contributed by atoms with E-state index < -0.39 is 30.4 Å². The number of carboxylic acids is 1. The van der Waals surface area contributed by atoms with Crippen LogP contribution in [0.5, 0.6) is 0 Å². The van der Waals surface area contributed by atoms with Gasteiger partial charge in [0.2, 0.25) is 5.91 Å². The Morgan fingerprint density at radius 2 is 1.75 bits per heavy atom. The number of ether oxygens (including phenoxy) is 1. The van der Waals surface area contributed by atoms with Crippen LogP contribution in [-0.2, 0) is 14.3 Å². The number of hydrogen-bond acceptors (Lipinski definition) is 4. The van der Waals surface area contributed by atoms with Crippen molar-refractivity contribution >= 4 is 18.0 Å². The molecule has 0 spiro atoms. The maximum atomic E-state index is 12.7. The lowest BCUT2D eigenvalue weighted by Crippen LogP contribution is -2.50. The molecule has 164 valence electrons. The van der Waals surface area contributed by atoms with Crippen LogP contribution in [0.4, 0.5) is 4.79 Å². The third kappa shape index (κ3) is 4.98. The molecule has 1 aliphatic rings. The summed E-state index contributed by atoms with van der Waals surface area (Å²) in [5.74, 6) is 0.343. The smallest absolute Gasteiger partial charge is 0.407 e. The third-order valence-electron chi connectivity index (χ3n) is 5.26. The third-order valence-corrected chi connectivity index (χ3v) is 5.26. The minimum atomic E-state index is -1.31. The van der Waals surface area contributed by atoms with Crippen LogP contribution in [-0.4, -0.2) is 53.7 Å². The van der Waals surface area contributed by atoms with Crippen molar-refractivity contribution in [3.05, 3.63) is 72.3 Å². The molecule has 2 amide bonds. The summed E-state index contributed by atoms with van der Waals surface area (Å²) >= 11 is 0. The van der Waals surface area contributed by atoms with E-state index in [2.05, 4.69) is 17.8 Å². The molecule has 0 fully saturated rings. The first kappa shape index (κ1) is 22.6. The fourth-order valence-electron chi connectivity index (χ4n) is 3.88. The van der Waals surface area contributed by atoms with Crippen LogP contribution < -0.4 is 5.32 Å². The number of hydrogen-bond donors (Lipinski definition) is 2. The summed E-state index contributed by atoms with van der Waals surface area (Å²) in [5.41, 5.74) is 4.27. The minimum Gasteiger partial charge on any atom is -0.481 e. The number of rotatable bonds is 9. The molecule has 1 aliphatic carbocycles. The summed E-state index contributed by atoms with van der Waals surface area (Å²) in [6.07, 6.45) is 5.30. The van der Waals surface area contributed by atoms with E-state index >= 15 is 0 Å². The Morgan fingerprint density at radius 3 is 2.28 bits per heavy atom. The van der Waals surface area contributed by atoms with Crippen LogP contribution in [0.3, 0.4) is 0 Å². The molecule has 32 heavy (non-hydrogen) atoms. The number of terminal acetylenes is 1. The second-order valence-corrected chi connectivity index (χ2v) is 7.33. The second kappa shape index (κ2) is 10.3. The fraction of sp³-hybridized carbons (Fsp3) is 0.240. The van der Waals surface area contributed by atoms with Gasteiger partial charge in [0.25, 0.3) is 0 Å². The van der Waals surface area contributed by atoms with Gasteiger partial charge >= 0.3 is 12.1 Å². The quantitative estimate of drug-likeness (QED) is 0.469. The van der Waals surface area contributed by atoms with Crippen molar-refractivity contribution in [2.24, 2.45) is 0 Å². The Morgan fingerprint density at radius 1 is 1.16 bits per heavy atom. The molecule has 2 aromatic rings. The Kier molecular flexibility index (Phi) is 7.29. The summed E-state index contributed by atoms with van der Waals surface area (Å²) in [4.78, 5) is 37.7. The molecule has 0 saturated heterocycles. The van der Waals surface area contributed by atoms with Crippen molar-refractivity contribution in [2.45, 2.75) is 18.4 Å². The number of alkyl carbamates (subject to hydrolysis) is 1. The highest BCUT2D eigenvalue weighted by molar-refractivity contribution is 5.89. The summed E-state index contributed by atoms with van der Waals surface area (Å²) < 4.78 is 5.43. The predicted octanol–water partition coefficient (Wildman–Crippen LogP) is 3.02. The number of nitrogens with zero attached hydrogens (tertiary/aromatic N) is 1. The van der Waals surface area contributed by atoms with E-state index in [0.717, 1.165) is 22.3 Å². The topological polar surface area (TPSA) is 95.9 Å². The average molecular weight is 432 g/mol. The van der Waals surface area contributed by atoms with Crippen LogP contribution in [0.15, 0.2) is 61.2 Å². The minimum absolute atomic E-state index is 0.0344. The number of fused-ring (bicyclic) bond motifs is 3. The van der Waals surface area contributed by atoms with Gasteiger partial charge in [0, 0.05) is 12.5 Å².